The summed E-state index contributed by atoms with van der Waals surface area (Å²) in [6.45, 7) is -0.935. The molecule has 1 heterocycles. The molecule has 90 valence electrons. The van der Waals surface area contributed by atoms with E-state index in [1.54, 1.807) is 0 Å². The van der Waals surface area contributed by atoms with Crippen molar-refractivity contribution in [2.45, 2.75) is 44.4 Å². The van der Waals surface area contributed by atoms with E-state index in [1.165, 1.54) is 0 Å². The van der Waals surface area contributed by atoms with Gasteiger partial charge in [0.15, 0.2) is 0 Å². The van der Waals surface area contributed by atoms with Gasteiger partial charge in [0.1, 0.15) is 6.54 Å². The molecule has 0 atom stereocenters. The van der Waals surface area contributed by atoms with Gasteiger partial charge in [-0.2, -0.15) is 13.2 Å². The number of rotatable bonds is 3. The number of alkyl halides is 3. The number of hydrogen-bond donors (Lipinski definition) is 1. The van der Waals surface area contributed by atoms with Crippen LogP contribution in [0.1, 0.15) is 36.6 Å². The van der Waals surface area contributed by atoms with E-state index < -0.39 is 12.7 Å². The summed E-state index contributed by atoms with van der Waals surface area (Å²) in [6.07, 6.45) is -1.42. The number of hydrogen-bond acceptors (Lipinski definition) is 3. The highest BCUT2D eigenvalue weighted by molar-refractivity contribution is 5.18. The third-order valence-electron chi connectivity index (χ3n) is 2.86. The Kier molecular flexibility index (Phi) is 2.88. The second-order valence-corrected chi connectivity index (χ2v) is 4.03. The van der Waals surface area contributed by atoms with Gasteiger partial charge in [0.05, 0.1) is 11.4 Å². The predicted molar refractivity (Wildman–Crippen MR) is 50.6 cm³/mol. The van der Waals surface area contributed by atoms with Crippen molar-refractivity contribution in [3.63, 3.8) is 0 Å². The maximum Gasteiger partial charge on any atom is 0.408 e. The molecule has 1 fully saturated rings. The van der Waals surface area contributed by atoms with Crippen molar-refractivity contribution in [2.24, 2.45) is 5.73 Å². The summed E-state index contributed by atoms with van der Waals surface area (Å²) in [4.78, 5) is 0. The van der Waals surface area contributed by atoms with Gasteiger partial charge < -0.3 is 5.73 Å². The Morgan fingerprint density at radius 2 is 2.06 bits per heavy atom. The molecule has 0 radical (unpaired) electrons. The van der Waals surface area contributed by atoms with Crippen molar-refractivity contribution in [2.75, 3.05) is 0 Å². The monoisotopic (exact) mass is 234 g/mol. The lowest BCUT2D eigenvalue weighted by Gasteiger charge is -2.26. The van der Waals surface area contributed by atoms with Crippen LogP contribution in [0.5, 0.6) is 0 Å². The fourth-order valence-electron chi connectivity index (χ4n) is 1.92. The Balaban J connectivity index is 2.26. The summed E-state index contributed by atoms with van der Waals surface area (Å²) in [7, 11) is 0. The molecular weight excluding hydrogens is 221 g/mol. The van der Waals surface area contributed by atoms with Crippen molar-refractivity contribution < 1.29 is 13.2 Å². The lowest BCUT2D eigenvalue weighted by Crippen LogP contribution is -2.24. The lowest BCUT2D eigenvalue weighted by atomic mass is 9.82. The zero-order chi connectivity index (χ0) is 11.8. The number of halogens is 3. The molecule has 7 heteroatoms. The molecule has 16 heavy (non-hydrogen) atoms. The molecule has 0 aromatic carbocycles. The largest absolute Gasteiger partial charge is 0.408 e. The fourth-order valence-corrected chi connectivity index (χ4v) is 1.92. The van der Waals surface area contributed by atoms with Crippen LogP contribution in [0.25, 0.3) is 0 Å². The van der Waals surface area contributed by atoms with Gasteiger partial charge in [-0.15, -0.1) is 5.10 Å². The Hall–Kier alpha value is -1.11. The average molecular weight is 234 g/mol. The van der Waals surface area contributed by atoms with Crippen LogP contribution < -0.4 is 5.73 Å². The van der Waals surface area contributed by atoms with Crippen LogP contribution in [0.15, 0.2) is 0 Å². The molecular formula is C9H13F3N4. The Labute approximate surface area is 90.6 Å². The average Bonchev–Trinajstić information content (AvgIpc) is 2.43. The molecule has 0 unspecified atom stereocenters. The highest BCUT2D eigenvalue weighted by Crippen LogP contribution is 2.38. The van der Waals surface area contributed by atoms with Crippen molar-refractivity contribution in [3.8, 4) is 0 Å². The SMILES string of the molecule is NCc1nnn(CC(F)(F)F)c1C1CCC1. The normalized spacial score (nSPS) is 17.5. The molecule has 4 nitrogen and oxygen atoms in total. The third kappa shape index (κ3) is 2.18. The van der Waals surface area contributed by atoms with E-state index in [0.717, 1.165) is 23.9 Å². The molecule has 2 N–H and O–H groups in total. The fraction of sp³-hybridized carbons (Fsp3) is 0.778. The number of nitrogens with zero attached hydrogens (tertiary/aromatic N) is 3. The standard InChI is InChI=1S/C9H13F3N4/c10-9(11,12)5-16-8(6-2-1-3-6)7(4-13)14-15-16/h6H,1-5,13H2. The summed E-state index contributed by atoms with van der Waals surface area (Å²) >= 11 is 0. The molecule has 0 spiro atoms. The molecule has 2 rings (SSSR count). The minimum Gasteiger partial charge on any atom is -0.325 e. The van der Waals surface area contributed by atoms with Gasteiger partial charge in [0.2, 0.25) is 0 Å². The van der Waals surface area contributed by atoms with Crippen LogP contribution in [-0.2, 0) is 13.1 Å². The van der Waals surface area contributed by atoms with Gasteiger partial charge in [-0.1, -0.05) is 11.6 Å². The van der Waals surface area contributed by atoms with Crippen LogP contribution in [0.3, 0.4) is 0 Å². The second kappa shape index (κ2) is 4.04. The molecule has 0 amide bonds. The topological polar surface area (TPSA) is 56.7 Å². The first-order valence-electron chi connectivity index (χ1n) is 5.20. The summed E-state index contributed by atoms with van der Waals surface area (Å²) in [5.41, 5.74) is 6.52. The molecule has 1 saturated carbocycles. The van der Waals surface area contributed by atoms with Crippen molar-refractivity contribution in [3.05, 3.63) is 11.4 Å². The van der Waals surface area contributed by atoms with Crippen LogP contribution >= 0.6 is 0 Å². The van der Waals surface area contributed by atoms with E-state index in [1.807, 2.05) is 0 Å². The summed E-state index contributed by atoms with van der Waals surface area (Å²) < 4.78 is 37.9. The van der Waals surface area contributed by atoms with Gasteiger partial charge in [-0.3, -0.25) is 0 Å². The quantitative estimate of drug-likeness (QED) is 0.863. The predicted octanol–water partition coefficient (Wildman–Crippen LogP) is 1.57. The minimum absolute atomic E-state index is 0.143. The molecule has 0 saturated heterocycles. The minimum atomic E-state index is -4.27. The van der Waals surface area contributed by atoms with E-state index in [-0.39, 0.29) is 12.5 Å². The smallest absolute Gasteiger partial charge is 0.325 e. The van der Waals surface area contributed by atoms with Crippen LogP contribution in [0, 0.1) is 0 Å². The first-order chi connectivity index (χ1) is 7.51. The van der Waals surface area contributed by atoms with Gasteiger partial charge in [0, 0.05) is 12.5 Å². The Morgan fingerprint density at radius 3 is 2.50 bits per heavy atom. The van der Waals surface area contributed by atoms with Gasteiger partial charge >= 0.3 is 6.18 Å². The summed E-state index contributed by atoms with van der Waals surface area (Å²) in [5, 5.41) is 7.25. The highest BCUT2D eigenvalue weighted by Gasteiger charge is 2.33. The van der Waals surface area contributed by atoms with Crippen LogP contribution in [-0.4, -0.2) is 21.2 Å². The van der Waals surface area contributed by atoms with Crippen LogP contribution in [0.4, 0.5) is 13.2 Å². The Morgan fingerprint density at radius 1 is 1.38 bits per heavy atom. The Bertz CT molecular complexity index is 367. The molecule has 0 bridgehead atoms. The van der Waals surface area contributed by atoms with E-state index in [2.05, 4.69) is 10.3 Å². The van der Waals surface area contributed by atoms with Gasteiger partial charge in [-0.05, 0) is 12.8 Å². The zero-order valence-corrected chi connectivity index (χ0v) is 8.67. The maximum atomic E-state index is 12.3. The van der Waals surface area contributed by atoms with Crippen molar-refractivity contribution in [1.29, 1.82) is 0 Å². The van der Waals surface area contributed by atoms with Gasteiger partial charge in [-0.25, -0.2) is 4.68 Å². The first-order valence-corrected chi connectivity index (χ1v) is 5.20. The van der Waals surface area contributed by atoms with E-state index in [0.29, 0.717) is 11.4 Å². The molecule has 1 aromatic rings. The number of nitrogens with two attached hydrogens (primary N) is 1. The van der Waals surface area contributed by atoms with E-state index >= 15 is 0 Å². The lowest BCUT2D eigenvalue weighted by molar-refractivity contribution is -0.143. The molecule has 1 aromatic heterocycles. The first kappa shape index (κ1) is 11.4. The van der Waals surface area contributed by atoms with Crippen molar-refractivity contribution in [1.82, 2.24) is 15.0 Å². The van der Waals surface area contributed by atoms with Crippen LogP contribution in [0.2, 0.25) is 0 Å². The van der Waals surface area contributed by atoms with Gasteiger partial charge in [0.25, 0.3) is 0 Å². The third-order valence-corrected chi connectivity index (χ3v) is 2.86. The van der Waals surface area contributed by atoms with E-state index in [9.17, 15) is 13.2 Å². The van der Waals surface area contributed by atoms with E-state index in [4.69, 9.17) is 5.73 Å². The molecule has 0 aliphatic heterocycles. The maximum absolute atomic E-state index is 12.3. The number of aromatic nitrogens is 3. The second-order valence-electron chi connectivity index (χ2n) is 4.03. The summed E-state index contributed by atoms with van der Waals surface area (Å²) in [5.74, 6) is 0.149. The zero-order valence-electron chi connectivity index (χ0n) is 8.67. The molecule has 1 aliphatic carbocycles. The summed E-state index contributed by atoms with van der Waals surface area (Å²) in [6, 6.07) is 0. The highest BCUT2D eigenvalue weighted by atomic mass is 19.4. The van der Waals surface area contributed by atoms with Crippen molar-refractivity contribution >= 4 is 0 Å². The molecule has 1 aliphatic rings.